The van der Waals surface area contributed by atoms with Crippen LogP contribution in [-0.2, 0) is 11.8 Å². The summed E-state index contributed by atoms with van der Waals surface area (Å²) in [5, 5.41) is 0.947. The van der Waals surface area contributed by atoms with E-state index in [1.807, 2.05) is 60.0 Å². The van der Waals surface area contributed by atoms with Crippen LogP contribution in [0.25, 0.3) is 33.3 Å². The van der Waals surface area contributed by atoms with Crippen molar-refractivity contribution < 1.29 is 9.53 Å². The molecule has 0 spiro atoms. The highest BCUT2D eigenvalue weighted by molar-refractivity contribution is 5.94. The van der Waals surface area contributed by atoms with Gasteiger partial charge in [0.05, 0.1) is 17.4 Å². The monoisotopic (exact) mass is 490 g/mol. The fraction of sp³-hybridized carbons (Fsp3) is 0.172. The fourth-order valence-electron chi connectivity index (χ4n) is 4.88. The van der Waals surface area contributed by atoms with Gasteiger partial charge in [-0.05, 0) is 60.9 Å². The minimum atomic E-state index is -0.0565. The van der Waals surface area contributed by atoms with Gasteiger partial charge >= 0.3 is 0 Å². The van der Waals surface area contributed by atoms with Crippen molar-refractivity contribution in [3.63, 3.8) is 0 Å². The summed E-state index contributed by atoms with van der Waals surface area (Å²) in [5.41, 5.74) is 6.84. The Morgan fingerprint density at radius 3 is 2.89 bits per heavy atom. The van der Waals surface area contributed by atoms with Gasteiger partial charge in [0.15, 0.2) is 0 Å². The lowest BCUT2D eigenvalue weighted by Crippen LogP contribution is -2.34. The van der Waals surface area contributed by atoms with Crippen LogP contribution in [0.15, 0.2) is 80.2 Å². The van der Waals surface area contributed by atoms with Crippen LogP contribution in [0.2, 0.25) is 0 Å². The Labute approximate surface area is 214 Å². The number of aryl methyl sites for hydroxylation is 2. The van der Waals surface area contributed by atoms with Gasteiger partial charge in [-0.2, -0.15) is 0 Å². The molecule has 184 valence electrons. The van der Waals surface area contributed by atoms with Crippen molar-refractivity contribution in [1.82, 2.24) is 29.0 Å². The number of hydrogen-bond acceptors (Lipinski definition) is 5. The zero-order valence-electron chi connectivity index (χ0n) is 20.8. The van der Waals surface area contributed by atoms with E-state index < -0.39 is 0 Å². The van der Waals surface area contributed by atoms with E-state index in [9.17, 15) is 4.79 Å². The van der Waals surface area contributed by atoms with Crippen LogP contribution in [0, 0.1) is 6.92 Å². The largest absolute Gasteiger partial charge is 0.457 e. The molecule has 1 aliphatic rings. The van der Waals surface area contributed by atoms with E-state index in [0.717, 1.165) is 62.4 Å². The molecule has 1 amide bonds. The van der Waals surface area contributed by atoms with Gasteiger partial charge in [-0.1, -0.05) is 12.7 Å². The van der Waals surface area contributed by atoms with E-state index in [2.05, 4.69) is 44.4 Å². The number of nitrogens with zero attached hydrogens (tertiary/aromatic N) is 6. The van der Waals surface area contributed by atoms with E-state index in [4.69, 9.17) is 4.74 Å². The van der Waals surface area contributed by atoms with Crippen molar-refractivity contribution in [2.24, 2.45) is 7.05 Å². The summed E-state index contributed by atoms with van der Waals surface area (Å²) in [5.74, 6) is 1.46. The maximum Gasteiger partial charge on any atom is 0.246 e. The fourth-order valence-corrected chi connectivity index (χ4v) is 4.88. The first kappa shape index (κ1) is 22.7. The van der Waals surface area contributed by atoms with Crippen molar-refractivity contribution in [2.75, 3.05) is 13.1 Å². The standard InChI is InChI=1S/C29H26N6O2/c1-4-28(36)34-11-5-6-20(15-34)24-16-35(29-23(24)14-30-17-31-29)21-7-10-27(19(2)12-21)37-22-8-9-26-25(13-22)32-18-33(26)3/h4,6-10,12-14,16-18H,1,5,11,15H2,2-3H3. The number of aromatic nitrogens is 5. The number of ether oxygens (including phenoxy) is 1. The molecular formula is C29H26N6O2. The molecule has 8 heteroatoms. The molecule has 4 heterocycles. The van der Waals surface area contributed by atoms with E-state index >= 15 is 0 Å². The van der Waals surface area contributed by atoms with E-state index in [0.29, 0.717) is 13.1 Å². The highest BCUT2D eigenvalue weighted by Crippen LogP contribution is 2.33. The summed E-state index contributed by atoms with van der Waals surface area (Å²) in [4.78, 5) is 27.3. The number of benzene rings is 2. The molecule has 1 aliphatic heterocycles. The summed E-state index contributed by atoms with van der Waals surface area (Å²) >= 11 is 0. The first-order chi connectivity index (χ1) is 18.0. The number of carbonyl (C=O) groups excluding carboxylic acids is 1. The van der Waals surface area contributed by atoms with E-state index in [1.165, 1.54) is 6.08 Å². The Morgan fingerprint density at radius 2 is 2.05 bits per heavy atom. The van der Waals surface area contributed by atoms with E-state index in [1.54, 1.807) is 12.7 Å². The molecule has 0 atom stereocenters. The second-order valence-electron chi connectivity index (χ2n) is 9.21. The predicted octanol–water partition coefficient (Wildman–Crippen LogP) is 5.21. The van der Waals surface area contributed by atoms with E-state index in [-0.39, 0.29) is 5.91 Å². The Kier molecular flexibility index (Phi) is 5.56. The van der Waals surface area contributed by atoms with Crippen molar-refractivity contribution in [3.05, 3.63) is 91.3 Å². The summed E-state index contributed by atoms with van der Waals surface area (Å²) in [7, 11) is 1.97. The maximum absolute atomic E-state index is 12.2. The second kappa shape index (κ2) is 9.05. The van der Waals surface area contributed by atoms with Gasteiger partial charge < -0.3 is 18.8 Å². The van der Waals surface area contributed by atoms with Gasteiger partial charge in [-0.15, -0.1) is 0 Å². The van der Waals surface area contributed by atoms with Crippen molar-refractivity contribution in [3.8, 4) is 17.2 Å². The Morgan fingerprint density at radius 1 is 1.16 bits per heavy atom. The predicted molar refractivity (Wildman–Crippen MR) is 144 cm³/mol. The molecule has 0 bridgehead atoms. The molecule has 0 unspecified atom stereocenters. The first-order valence-electron chi connectivity index (χ1n) is 12.1. The minimum absolute atomic E-state index is 0.0565. The summed E-state index contributed by atoms with van der Waals surface area (Å²) in [6, 6.07) is 12.0. The van der Waals surface area contributed by atoms with Gasteiger partial charge in [-0.25, -0.2) is 15.0 Å². The Bertz CT molecular complexity index is 1710. The molecular weight excluding hydrogens is 464 g/mol. The second-order valence-corrected chi connectivity index (χ2v) is 9.21. The molecule has 37 heavy (non-hydrogen) atoms. The topological polar surface area (TPSA) is 78.1 Å². The molecule has 2 aromatic carbocycles. The first-order valence-corrected chi connectivity index (χ1v) is 12.1. The zero-order chi connectivity index (χ0) is 25.5. The normalized spacial score (nSPS) is 13.7. The van der Waals surface area contributed by atoms with Gasteiger partial charge in [-0.3, -0.25) is 4.79 Å². The summed E-state index contributed by atoms with van der Waals surface area (Å²) in [6.45, 7) is 6.89. The summed E-state index contributed by atoms with van der Waals surface area (Å²) < 4.78 is 10.3. The highest BCUT2D eigenvalue weighted by atomic mass is 16.5. The van der Waals surface area contributed by atoms with Crippen LogP contribution >= 0.6 is 0 Å². The Hall–Kier alpha value is -4.72. The SMILES string of the molecule is C=CC(=O)N1CCC=C(c2cn(-c3ccc(Oc4ccc5c(c4)ncn5C)c(C)c3)c3ncncc23)C1. The lowest BCUT2D eigenvalue weighted by molar-refractivity contribution is -0.125. The number of imidazole rings is 1. The quantitative estimate of drug-likeness (QED) is 0.316. The third kappa shape index (κ3) is 4.06. The van der Waals surface area contributed by atoms with Crippen LogP contribution in [0.1, 0.15) is 17.5 Å². The van der Waals surface area contributed by atoms with Gasteiger partial charge in [0.2, 0.25) is 5.91 Å². The van der Waals surface area contributed by atoms with Crippen LogP contribution in [-0.4, -0.2) is 48.0 Å². The number of rotatable bonds is 5. The molecule has 0 fully saturated rings. The summed E-state index contributed by atoms with van der Waals surface area (Å²) in [6.07, 6.45) is 11.6. The molecule has 8 nitrogen and oxygen atoms in total. The molecule has 5 aromatic rings. The number of amides is 1. The number of carbonyl (C=O) groups is 1. The molecule has 0 saturated carbocycles. The molecule has 0 saturated heterocycles. The van der Waals surface area contributed by atoms with Crippen LogP contribution in [0.5, 0.6) is 11.5 Å². The number of hydrogen-bond donors (Lipinski definition) is 0. The Balaban J connectivity index is 1.34. The molecule has 3 aromatic heterocycles. The van der Waals surface area contributed by atoms with Gasteiger partial charge in [0, 0.05) is 55.2 Å². The van der Waals surface area contributed by atoms with Gasteiger partial charge in [0.25, 0.3) is 0 Å². The van der Waals surface area contributed by atoms with Crippen LogP contribution < -0.4 is 4.74 Å². The lowest BCUT2D eigenvalue weighted by Gasteiger charge is -2.26. The maximum atomic E-state index is 12.2. The highest BCUT2D eigenvalue weighted by Gasteiger charge is 2.21. The molecule has 0 aliphatic carbocycles. The van der Waals surface area contributed by atoms with Gasteiger partial charge in [0.1, 0.15) is 23.5 Å². The van der Waals surface area contributed by atoms with Crippen molar-refractivity contribution in [2.45, 2.75) is 13.3 Å². The van der Waals surface area contributed by atoms with Crippen LogP contribution in [0.3, 0.4) is 0 Å². The third-order valence-electron chi connectivity index (χ3n) is 6.81. The third-order valence-corrected chi connectivity index (χ3v) is 6.81. The van der Waals surface area contributed by atoms with Crippen LogP contribution in [0.4, 0.5) is 0 Å². The molecule has 6 rings (SSSR count). The molecule has 0 radical (unpaired) electrons. The lowest BCUT2D eigenvalue weighted by atomic mass is 10.0. The average molecular weight is 491 g/mol. The molecule has 0 N–H and O–H groups in total. The number of fused-ring (bicyclic) bond motifs is 2. The average Bonchev–Trinajstić information content (AvgIpc) is 3.50. The zero-order valence-corrected chi connectivity index (χ0v) is 20.8. The van der Waals surface area contributed by atoms with Crippen molar-refractivity contribution in [1.29, 1.82) is 0 Å². The minimum Gasteiger partial charge on any atom is -0.457 e. The van der Waals surface area contributed by atoms with Crippen molar-refractivity contribution >= 4 is 33.5 Å². The smallest absolute Gasteiger partial charge is 0.246 e.